The lowest BCUT2D eigenvalue weighted by Crippen LogP contribution is -2.27. The molecular weight excluding hydrogens is 302 g/mol. The molecule has 0 aliphatic heterocycles. The Hall–Kier alpha value is -2.63. The molecule has 0 aliphatic carbocycles. The first-order valence-electron chi connectivity index (χ1n) is 8.37. The van der Waals surface area contributed by atoms with Gasteiger partial charge in [-0.1, -0.05) is 13.8 Å². The van der Waals surface area contributed by atoms with Crippen LogP contribution in [0.3, 0.4) is 0 Å². The number of nitrogens with zero attached hydrogens (tertiary/aromatic N) is 5. The highest BCUT2D eigenvalue weighted by molar-refractivity contribution is 5.66. The highest BCUT2D eigenvalue weighted by Crippen LogP contribution is 2.25. The molecule has 126 valence electrons. The van der Waals surface area contributed by atoms with Crippen LogP contribution in [0, 0.1) is 0 Å². The van der Waals surface area contributed by atoms with Crippen molar-refractivity contribution in [1.29, 1.82) is 0 Å². The molecule has 2 aromatic heterocycles. The second-order valence-electron chi connectivity index (χ2n) is 5.69. The lowest BCUT2D eigenvalue weighted by atomic mass is 10.1. The topological polar surface area (TPSA) is 55.5 Å². The molecule has 3 rings (SSSR count). The summed E-state index contributed by atoms with van der Waals surface area (Å²) in [7, 11) is 1.67. The summed E-state index contributed by atoms with van der Waals surface area (Å²) in [6.07, 6.45) is 3.71. The number of methoxy groups -OCH3 is 1. The van der Waals surface area contributed by atoms with Crippen molar-refractivity contribution in [2.75, 3.05) is 25.1 Å². The first kappa shape index (κ1) is 16.2. The lowest BCUT2D eigenvalue weighted by molar-refractivity contribution is 0.415. The molecule has 3 aromatic rings. The highest BCUT2D eigenvalue weighted by atomic mass is 16.5. The Morgan fingerprint density at radius 3 is 2.42 bits per heavy atom. The Bertz CT molecular complexity index is 791. The van der Waals surface area contributed by atoms with Crippen LogP contribution in [0.1, 0.15) is 26.7 Å². The van der Waals surface area contributed by atoms with Gasteiger partial charge in [0.25, 0.3) is 5.78 Å². The van der Waals surface area contributed by atoms with Gasteiger partial charge in [-0.2, -0.15) is 14.6 Å². The molecule has 0 bridgehead atoms. The van der Waals surface area contributed by atoms with Gasteiger partial charge in [0.2, 0.25) is 0 Å². The predicted octanol–water partition coefficient (Wildman–Crippen LogP) is 3.43. The maximum atomic E-state index is 5.23. The van der Waals surface area contributed by atoms with E-state index >= 15 is 0 Å². The van der Waals surface area contributed by atoms with Gasteiger partial charge in [-0.3, -0.25) is 0 Å². The minimum absolute atomic E-state index is 0.621. The number of hydrogen-bond acceptors (Lipinski definition) is 5. The normalized spacial score (nSPS) is 11.0. The highest BCUT2D eigenvalue weighted by Gasteiger charge is 2.14. The zero-order valence-corrected chi connectivity index (χ0v) is 14.4. The van der Waals surface area contributed by atoms with Crippen LogP contribution in [0.4, 0.5) is 5.82 Å². The summed E-state index contributed by atoms with van der Waals surface area (Å²) in [5, 5.41) is 4.35. The fourth-order valence-corrected chi connectivity index (χ4v) is 2.81. The van der Waals surface area contributed by atoms with Gasteiger partial charge in [-0.15, -0.1) is 0 Å². The van der Waals surface area contributed by atoms with E-state index in [0.717, 1.165) is 48.8 Å². The zero-order valence-electron chi connectivity index (χ0n) is 14.4. The summed E-state index contributed by atoms with van der Waals surface area (Å²) in [4.78, 5) is 11.3. The van der Waals surface area contributed by atoms with Crippen LogP contribution in [-0.2, 0) is 0 Å². The molecule has 0 fully saturated rings. The molecule has 0 saturated carbocycles. The molecular formula is C18H23N5O. The SMILES string of the molecule is CCCN(CCC)c1cc(-c2ccc(OC)cc2)nc2ncnn12. The first-order chi connectivity index (χ1) is 11.8. The predicted molar refractivity (Wildman–Crippen MR) is 95.6 cm³/mol. The van der Waals surface area contributed by atoms with Gasteiger partial charge >= 0.3 is 0 Å². The summed E-state index contributed by atoms with van der Waals surface area (Å²) in [6, 6.07) is 10.0. The number of anilines is 1. The van der Waals surface area contributed by atoms with Gasteiger partial charge in [-0.05, 0) is 37.1 Å². The molecule has 24 heavy (non-hydrogen) atoms. The maximum absolute atomic E-state index is 5.23. The van der Waals surface area contributed by atoms with E-state index in [1.807, 2.05) is 28.8 Å². The van der Waals surface area contributed by atoms with Crippen LogP contribution in [0.5, 0.6) is 5.75 Å². The minimum atomic E-state index is 0.621. The fourth-order valence-electron chi connectivity index (χ4n) is 2.81. The quantitative estimate of drug-likeness (QED) is 0.666. The number of ether oxygens (including phenoxy) is 1. The number of benzene rings is 1. The molecule has 0 amide bonds. The van der Waals surface area contributed by atoms with E-state index in [1.165, 1.54) is 0 Å². The Balaban J connectivity index is 2.08. The van der Waals surface area contributed by atoms with E-state index in [1.54, 1.807) is 13.4 Å². The van der Waals surface area contributed by atoms with Crippen molar-refractivity contribution < 1.29 is 4.74 Å². The van der Waals surface area contributed by atoms with Crippen molar-refractivity contribution in [3.63, 3.8) is 0 Å². The summed E-state index contributed by atoms with van der Waals surface area (Å²) in [5.74, 6) is 2.49. The Kier molecular flexibility index (Phi) is 4.93. The van der Waals surface area contributed by atoms with Crippen LogP contribution in [0.25, 0.3) is 17.0 Å². The van der Waals surface area contributed by atoms with E-state index < -0.39 is 0 Å². The molecule has 0 radical (unpaired) electrons. The smallest absolute Gasteiger partial charge is 0.254 e. The Morgan fingerprint density at radius 1 is 1.08 bits per heavy atom. The van der Waals surface area contributed by atoms with Gasteiger partial charge in [0.05, 0.1) is 12.8 Å². The molecule has 2 heterocycles. The van der Waals surface area contributed by atoms with E-state index in [9.17, 15) is 0 Å². The average Bonchev–Trinajstić information content (AvgIpc) is 3.09. The number of aromatic nitrogens is 4. The Labute approximate surface area is 142 Å². The van der Waals surface area contributed by atoms with Crippen LogP contribution in [-0.4, -0.2) is 39.8 Å². The first-order valence-corrected chi connectivity index (χ1v) is 8.37. The van der Waals surface area contributed by atoms with Crippen molar-refractivity contribution >= 4 is 11.6 Å². The fraction of sp³-hybridized carbons (Fsp3) is 0.389. The third-order valence-electron chi connectivity index (χ3n) is 3.93. The molecule has 0 unspecified atom stereocenters. The van der Waals surface area contributed by atoms with Crippen LogP contribution in [0.2, 0.25) is 0 Å². The minimum Gasteiger partial charge on any atom is -0.497 e. The van der Waals surface area contributed by atoms with Gasteiger partial charge in [0, 0.05) is 24.7 Å². The number of fused-ring (bicyclic) bond motifs is 1. The van der Waals surface area contributed by atoms with E-state index in [2.05, 4.69) is 39.9 Å². The van der Waals surface area contributed by atoms with Gasteiger partial charge < -0.3 is 9.64 Å². The molecule has 0 spiro atoms. The zero-order chi connectivity index (χ0) is 16.9. The summed E-state index contributed by atoms with van der Waals surface area (Å²) >= 11 is 0. The number of hydrogen-bond donors (Lipinski definition) is 0. The molecule has 1 aromatic carbocycles. The molecule has 6 nitrogen and oxygen atoms in total. The third-order valence-corrected chi connectivity index (χ3v) is 3.93. The molecule has 0 saturated heterocycles. The van der Waals surface area contributed by atoms with E-state index in [-0.39, 0.29) is 0 Å². The summed E-state index contributed by atoms with van der Waals surface area (Å²) in [5.41, 5.74) is 1.93. The maximum Gasteiger partial charge on any atom is 0.254 e. The lowest BCUT2D eigenvalue weighted by Gasteiger charge is -2.24. The van der Waals surface area contributed by atoms with Crippen LogP contribution >= 0.6 is 0 Å². The monoisotopic (exact) mass is 325 g/mol. The summed E-state index contributed by atoms with van der Waals surface area (Å²) < 4.78 is 7.05. The molecule has 0 N–H and O–H groups in total. The Morgan fingerprint density at radius 2 is 1.79 bits per heavy atom. The van der Waals surface area contributed by atoms with E-state index in [0.29, 0.717) is 5.78 Å². The van der Waals surface area contributed by atoms with Crippen LogP contribution in [0.15, 0.2) is 36.7 Å². The second kappa shape index (κ2) is 7.29. The van der Waals surface area contributed by atoms with E-state index in [4.69, 9.17) is 4.74 Å². The summed E-state index contributed by atoms with van der Waals surface area (Å²) in [6.45, 7) is 6.34. The van der Waals surface area contributed by atoms with Crippen molar-refractivity contribution in [2.45, 2.75) is 26.7 Å². The van der Waals surface area contributed by atoms with Crippen molar-refractivity contribution in [3.05, 3.63) is 36.7 Å². The molecule has 6 heteroatoms. The molecule has 0 atom stereocenters. The largest absolute Gasteiger partial charge is 0.497 e. The average molecular weight is 325 g/mol. The van der Waals surface area contributed by atoms with Gasteiger partial charge in [-0.25, -0.2) is 4.98 Å². The number of rotatable bonds is 7. The van der Waals surface area contributed by atoms with Crippen molar-refractivity contribution in [1.82, 2.24) is 19.6 Å². The van der Waals surface area contributed by atoms with Crippen molar-refractivity contribution in [2.24, 2.45) is 0 Å². The van der Waals surface area contributed by atoms with Crippen LogP contribution < -0.4 is 9.64 Å². The molecule has 0 aliphatic rings. The second-order valence-corrected chi connectivity index (χ2v) is 5.69. The van der Waals surface area contributed by atoms with Gasteiger partial charge in [0.15, 0.2) is 0 Å². The standard InChI is InChI=1S/C18H23N5O/c1-4-10-22(11-5-2)17-12-16(21-18-19-13-20-23(17)18)14-6-8-15(24-3)9-7-14/h6-9,12-13H,4-5,10-11H2,1-3H3. The van der Waals surface area contributed by atoms with Gasteiger partial charge in [0.1, 0.15) is 17.9 Å². The third kappa shape index (κ3) is 3.18. The van der Waals surface area contributed by atoms with Crippen molar-refractivity contribution in [3.8, 4) is 17.0 Å².